The summed E-state index contributed by atoms with van der Waals surface area (Å²) < 4.78 is 13.3. The monoisotopic (exact) mass is 397 g/mol. The molecule has 0 bridgehead atoms. The molecule has 2 aromatic rings. The number of aromatic nitrogens is 3. The molecule has 1 atom stereocenters. The Labute approximate surface area is 169 Å². The van der Waals surface area contributed by atoms with Crippen LogP contribution in [-0.2, 0) is 0 Å². The Morgan fingerprint density at radius 2 is 1.93 bits per heavy atom. The van der Waals surface area contributed by atoms with Crippen molar-refractivity contribution < 1.29 is 14.3 Å². The number of piperidine rings is 1. The van der Waals surface area contributed by atoms with Crippen molar-refractivity contribution in [2.45, 2.75) is 44.7 Å². The van der Waals surface area contributed by atoms with E-state index in [4.69, 9.17) is 9.47 Å². The summed E-state index contributed by atoms with van der Waals surface area (Å²) in [5.41, 5.74) is 2.31. The van der Waals surface area contributed by atoms with Gasteiger partial charge in [-0.1, -0.05) is 11.3 Å². The van der Waals surface area contributed by atoms with Crippen molar-refractivity contribution in [2.75, 3.05) is 26.3 Å². The van der Waals surface area contributed by atoms with Gasteiger partial charge in [0.05, 0.1) is 17.8 Å². The molecule has 1 saturated heterocycles. The van der Waals surface area contributed by atoms with Gasteiger partial charge in [0.15, 0.2) is 17.2 Å². The van der Waals surface area contributed by atoms with Crippen molar-refractivity contribution in [1.82, 2.24) is 25.6 Å². The van der Waals surface area contributed by atoms with Gasteiger partial charge in [0.1, 0.15) is 13.2 Å². The minimum absolute atomic E-state index is 0.0539. The van der Waals surface area contributed by atoms with Gasteiger partial charge < -0.3 is 20.1 Å². The molecule has 29 heavy (non-hydrogen) atoms. The van der Waals surface area contributed by atoms with E-state index >= 15 is 0 Å². The molecule has 1 aromatic heterocycles. The van der Waals surface area contributed by atoms with Crippen LogP contribution < -0.4 is 20.1 Å². The van der Waals surface area contributed by atoms with Gasteiger partial charge in [-0.25, -0.2) is 4.68 Å². The number of benzene rings is 1. The predicted octanol–water partition coefficient (Wildman–Crippen LogP) is 2.16. The molecule has 1 aliphatic carbocycles. The standard InChI is InChI=1S/C21H27N5O3/c1-13-19(24-25-26(13)16-6-8-22-9-7-16)21(27)23-20(14-2-3-14)15-4-5-17-18(12-15)29-11-10-28-17/h4-5,12,14,16,20,22H,2-3,6-11H2,1H3,(H,23,27). The number of nitrogens with zero attached hydrogens (tertiary/aromatic N) is 3. The average molecular weight is 397 g/mol. The zero-order valence-corrected chi connectivity index (χ0v) is 16.7. The minimum atomic E-state index is -0.158. The Hall–Kier alpha value is -2.61. The number of hydrogen-bond acceptors (Lipinski definition) is 6. The third-order valence-corrected chi connectivity index (χ3v) is 6.10. The molecule has 154 valence electrons. The van der Waals surface area contributed by atoms with E-state index in [-0.39, 0.29) is 11.9 Å². The summed E-state index contributed by atoms with van der Waals surface area (Å²) in [6, 6.07) is 6.21. The maximum Gasteiger partial charge on any atom is 0.274 e. The van der Waals surface area contributed by atoms with Crippen LogP contribution >= 0.6 is 0 Å². The number of hydrogen-bond donors (Lipinski definition) is 2. The minimum Gasteiger partial charge on any atom is -0.486 e. The molecule has 2 aliphatic heterocycles. The van der Waals surface area contributed by atoms with Crippen molar-refractivity contribution in [3.05, 3.63) is 35.2 Å². The molecule has 1 aromatic carbocycles. The number of ether oxygens (including phenoxy) is 2. The first-order valence-corrected chi connectivity index (χ1v) is 10.5. The third-order valence-electron chi connectivity index (χ3n) is 6.10. The summed E-state index contributed by atoms with van der Waals surface area (Å²) in [5.74, 6) is 1.80. The lowest BCUT2D eigenvalue weighted by atomic mass is 10.0. The van der Waals surface area contributed by atoms with E-state index in [1.807, 2.05) is 29.8 Å². The van der Waals surface area contributed by atoms with Crippen LogP contribution in [0.25, 0.3) is 0 Å². The second kappa shape index (κ2) is 7.67. The van der Waals surface area contributed by atoms with Crippen LogP contribution in [0.15, 0.2) is 18.2 Å². The van der Waals surface area contributed by atoms with E-state index in [0.29, 0.717) is 30.9 Å². The van der Waals surface area contributed by atoms with E-state index in [1.165, 1.54) is 0 Å². The molecule has 8 heteroatoms. The van der Waals surface area contributed by atoms with Gasteiger partial charge in [0.2, 0.25) is 0 Å². The van der Waals surface area contributed by atoms with Gasteiger partial charge in [-0.15, -0.1) is 5.10 Å². The van der Waals surface area contributed by atoms with Crippen LogP contribution in [0.4, 0.5) is 0 Å². The topological polar surface area (TPSA) is 90.3 Å². The fourth-order valence-electron chi connectivity index (χ4n) is 4.31. The molecular formula is C21H27N5O3. The highest BCUT2D eigenvalue weighted by Crippen LogP contribution is 2.43. The Morgan fingerprint density at radius 1 is 1.17 bits per heavy atom. The summed E-state index contributed by atoms with van der Waals surface area (Å²) in [6.07, 6.45) is 4.24. The van der Waals surface area contributed by atoms with Gasteiger partial charge in [0, 0.05) is 0 Å². The fourth-order valence-corrected chi connectivity index (χ4v) is 4.31. The maximum absolute atomic E-state index is 13.1. The molecule has 5 rings (SSSR count). The Morgan fingerprint density at radius 3 is 2.69 bits per heavy atom. The van der Waals surface area contributed by atoms with Crippen LogP contribution in [-0.4, -0.2) is 47.2 Å². The second-order valence-electron chi connectivity index (χ2n) is 8.14. The number of fused-ring (bicyclic) bond motifs is 1. The summed E-state index contributed by atoms with van der Waals surface area (Å²) in [6.45, 7) is 5.00. The Balaban J connectivity index is 1.35. The fraction of sp³-hybridized carbons (Fsp3) is 0.571. The summed E-state index contributed by atoms with van der Waals surface area (Å²) >= 11 is 0. The molecule has 0 spiro atoms. The predicted molar refractivity (Wildman–Crippen MR) is 106 cm³/mol. The van der Waals surface area contributed by atoms with Crippen LogP contribution in [0.1, 0.15) is 59.5 Å². The highest BCUT2D eigenvalue weighted by atomic mass is 16.6. The van der Waals surface area contributed by atoms with Gasteiger partial charge in [-0.05, 0) is 69.3 Å². The number of amides is 1. The quantitative estimate of drug-likeness (QED) is 0.804. The normalized spacial score (nSPS) is 20.3. The first-order valence-electron chi connectivity index (χ1n) is 10.5. The Kier molecular flexibility index (Phi) is 4.87. The lowest BCUT2D eigenvalue weighted by molar-refractivity contribution is 0.0925. The number of carbonyl (C=O) groups excluding carboxylic acids is 1. The van der Waals surface area contributed by atoms with Crippen LogP contribution in [0, 0.1) is 12.8 Å². The SMILES string of the molecule is Cc1c(C(=O)NC(c2ccc3c(c2)OCCO3)C2CC2)nnn1C1CCNCC1. The van der Waals surface area contributed by atoms with Crippen molar-refractivity contribution in [1.29, 1.82) is 0 Å². The molecule has 1 unspecified atom stereocenters. The van der Waals surface area contributed by atoms with Crippen LogP contribution in [0.2, 0.25) is 0 Å². The van der Waals surface area contributed by atoms with Crippen molar-refractivity contribution in [3.8, 4) is 11.5 Å². The molecule has 3 heterocycles. The molecular weight excluding hydrogens is 370 g/mol. The zero-order valence-electron chi connectivity index (χ0n) is 16.7. The van der Waals surface area contributed by atoms with Gasteiger partial charge in [0.25, 0.3) is 5.91 Å². The van der Waals surface area contributed by atoms with E-state index in [0.717, 1.165) is 61.5 Å². The van der Waals surface area contributed by atoms with Gasteiger partial charge in [-0.2, -0.15) is 0 Å². The van der Waals surface area contributed by atoms with Crippen molar-refractivity contribution in [3.63, 3.8) is 0 Å². The number of nitrogens with one attached hydrogen (secondary N) is 2. The molecule has 2 fully saturated rings. The van der Waals surface area contributed by atoms with Gasteiger partial charge in [-0.3, -0.25) is 4.79 Å². The van der Waals surface area contributed by atoms with E-state index in [9.17, 15) is 4.79 Å². The number of rotatable bonds is 5. The van der Waals surface area contributed by atoms with Crippen molar-refractivity contribution >= 4 is 5.91 Å². The summed E-state index contributed by atoms with van der Waals surface area (Å²) in [4.78, 5) is 13.1. The largest absolute Gasteiger partial charge is 0.486 e. The van der Waals surface area contributed by atoms with E-state index in [1.54, 1.807) is 0 Å². The summed E-state index contributed by atoms with van der Waals surface area (Å²) in [7, 11) is 0. The molecule has 1 amide bonds. The second-order valence-corrected chi connectivity index (χ2v) is 8.14. The van der Waals surface area contributed by atoms with Crippen LogP contribution in [0.5, 0.6) is 11.5 Å². The lowest BCUT2D eigenvalue weighted by Crippen LogP contribution is -2.32. The molecule has 0 radical (unpaired) electrons. The molecule has 2 N–H and O–H groups in total. The first-order chi connectivity index (χ1) is 14.2. The third kappa shape index (κ3) is 3.69. The molecule has 3 aliphatic rings. The molecule has 1 saturated carbocycles. The number of carbonyl (C=O) groups is 1. The summed E-state index contributed by atoms with van der Waals surface area (Å²) in [5, 5.41) is 15.1. The van der Waals surface area contributed by atoms with E-state index in [2.05, 4.69) is 20.9 Å². The highest BCUT2D eigenvalue weighted by molar-refractivity contribution is 5.93. The maximum atomic E-state index is 13.1. The lowest BCUT2D eigenvalue weighted by Gasteiger charge is -2.24. The van der Waals surface area contributed by atoms with Gasteiger partial charge >= 0.3 is 0 Å². The highest BCUT2D eigenvalue weighted by Gasteiger charge is 2.35. The van der Waals surface area contributed by atoms with Crippen LogP contribution in [0.3, 0.4) is 0 Å². The first kappa shape index (κ1) is 18.4. The van der Waals surface area contributed by atoms with E-state index < -0.39 is 0 Å². The van der Waals surface area contributed by atoms with Crippen molar-refractivity contribution in [2.24, 2.45) is 5.92 Å². The average Bonchev–Trinajstić information content (AvgIpc) is 3.53. The zero-order chi connectivity index (χ0) is 19.8. The molecule has 8 nitrogen and oxygen atoms in total. The smallest absolute Gasteiger partial charge is 0.274 e. The Bertz CT molecular complexity index is 902.